The third kappa shape index (κ3) is 5.27. The molecule has 2 aliphatic rings. The van der Waals surface area contributed by atoms with Gasteiger partial charge in [0.1, 0.15) is 5.82 Å². The van der Waals surface area contributed by atoms with Gasteiger partial charge in [0.2, 0.25) is 5.91 Å². The van der Waals surface area contributed by atoms with E-state index >= 15 is 0 Å². The smallest absolute Gasteiger partial charge is 0.373 e. The lowest BCUT2D eigenvalue weighted by Crippen LogP contribution is -2.59. The zero-order valence-corrected chi connectivity index (χ0v) is 20.0. The molecule has 0 aromatic carbocycles. The van der Waals surface area contributed by atoms with Gasteiger partial charge < -0.3 is 15.0 Å². The average Bonchev–Trinajstić information content (AvgIpc) is 3.21. The van der Waals surface area contributed by atoms with Crippen LogP contribution in [0.15, 0.2) is 12.1 Å². The van der Waals surface area contributed by atoms with Crippen molar-refractivity contribution in [2.45, 2.75) is 64.5 Å². The van der Waals surface area contributed by atoms with E-state index in [1.165, 1.54) is 6.07 Å². The first kappa shape index (κ1) is 24.6. The zero-order chi connectivity index (χ0) is 24.7. The second-order valence-corrected chi connectivity index (χ2v) is 9.94. The maximum absolute atomic E-state index is 13.1. The summed E-state index contributed by atoms with van der Waals surface area (Å²) in [4.78, 5) is 17.1. The van der Waals surface area contributed by atoms with Gasteiger partial charge in [-0.15, -0.1) is 15.3 Å². The fourth-order valence-electron chi connectivity index (χ4n) is 4.73. The largest absolute Gasteiger partial charge is 0.453 e. The molecule has 2 aromatic rings. The van der Waals surface area contributed by atoms with Crippen LogP contribution in [0.5, 0.6) is 0 Å². The second-order valence-electron chi connectivity index (χ2n) is 9.94. The number of carbonyl (C=O) groups excluding carboxylic acids is 1. The zero-order valence-electron chi connectivity index (χ0n) is 20.0. The first-order valence-corrected chi connectivity index (χ1v) is 11.7. The molecule has 188 valence electrons. The van der Waals surface area contributed by atoms with Crippen molar-refractivity contribution in [2.24, 2.45) is 5.92 Å². The molecule has 12 heteroatoms. The predicted molar refractivity (Wildman–Crippen MR) is 119 cm³/mol. The van der Waals surface area contributed by atoms with Gasteiger partial charge in [0.25, 0.3) is 5.82 Å². The van der Waals surface area contributed by atoms with E-state index in [-0.39, 0.29) is 35.2 Å². The normalized spacial score (nSPS) is 23.4. The van der Waals surface area contributed by atoms with Crippen molar-refractivity contribution in [3.8, 4) is 0 Å². The van der Waals surface area contributed by atoms with Crippen molar-refractivity contribution in [1.29, 1.82) is 0 Å². The Morgan fingerprint density at radius 2 is 1.76 bits per heavy atom. The highest BCUT2D eigenvalue weighted by Crippen LogP contribution is 2.29. The van der Waals surface area contributed by atoms with Gasteiger partial charge in [-0.1, -0.05) is 0 Å². The summed E-state index contributed by atoms with van der Waals surface area (Å²) in [7, 11) is 0. The SMILES string of the molecule is CC1CN(C(C)(C)CNC(=O)C2CCN(c3ccc4nnc(C(F)(F)F)n4n3)CC2)CC(C)O1. The summed E-state index contributed by atoms with van der Waals surface area (Å²) in [5.41, 5.74) is -0.159. The van der Waals surface area contributed by atoms with Crippen LogP contribution in [-0.4, -0.2) is 81.1 Å². The highest BCUT2D eigenvalue weighted by molar-refractivity contribution is 5.79. The number of halogens is 3. The Bertz CT molecular complexity index is 1010. The third-order valence-corrected chi connectivity index (χ3v) is 6.66. The lowest BCUT2D eigenvalue weighted by atomic mass is 9.94. The minimum Gasteiger partial charge on any atom is -0.373 e. The molecular weight excluding hydrogens is 451 g/mol. The second kappa shape index (κ2) is 9.29. The lowest BCUT2D eigenvalue weighted by molar-refractivity contribution is -0.146. The van der Waals surface area contributed by atoms with Crippen LogP contribution in [0, 0.1) is 5.92 Å². The summed E-state index contributed by atoms with van der Waals surface area (Å²) >= 11 is 0. The molecule has 9 nitrogen and oxygen atoms in total. The molecule has 2 aliphatic heterocycles. The summed E-state index contributed by atoms with van der Waals surface area (Å²) in [5.74, 6) is -0.860. The summed E-state index contributed by atoms with van der Waals surface area (Å²) in [6, 6.07) is 3.11. The number of nitrogens with zero attached hydrogens (tertiary/aromatic N) is 6. The molecule has 2 fully saturated rings. The fourth-order valence-corrected chi connectivity index (χ4v) is 4.73. The lowest BCUT2D eigenvalue weighted by Gasteiger charge is -2.45. The van der Waals surface area contributed by atoms with Crippen LogP contribution in [0.4, 0.5) is 19.0 Å². The van der Waals surface area contributed by atoms with E-state index in [4.69, 9.17) is 4.74 Å². The van der Waals surface area contributed by atoms with Crippen molar-refractivity contribution in [1.82, 2.24) is 30.0 Å². The molecule has 2 saturated heterocycles. The van der Waals surface area contributed by atoms with Crippen molar-refractivity contribution >= 4 is 17.4 Å². The molecule has 4 heterocycles. The molecule has 2 unspecified atom stereocenters. The maximum Gasteiger partial charge on any atom is 0.453 e. The monoisotopic (exact) mass is 483 g/mol. The molecule has 1 N–H and O–H groups in total. The van der Waals surface area contributed by atoms with Gasteiger partial charge in [-0.3, -0.25) is 9.69 Å². The number of ether oxygens (including phenoxy) is 1. The van der Waals surface area contributed by atoms with Crippen molar-refractivity contribution < 1.29 is 22.7 Å². The standard InChI is InChI=1S/C22H32F3N7O2/c1-14-11-31(12-15(2)34-14)21(3,4)13-26-19(33)16-7-9-30(10-8-16)18-6-5-17-27-28-20(22(23,24)25)32(17)29-18/h5-6,14-16H,7-13H2,1-4H3,(H,26,33). The summed E-state index contributed by atoms with van der Waals surface area (Å²) in [6.07, 6.45) is -3.12. The molecule has 2 aromatic heterocycles. The van der Waals surface area contributed by atoms with Crippen molar-refractivity contribution in [3.63, 3.8) is 0 Å². The van der Waals surface area contributed by atoms with Crippen LogP contribution in [0.3, 0.4) is 0 Å². The molecule has 0 radical (unpaired) electrons. The minimum absolute atomic E-state index is 0.0173. The number of carbonyl (C=O) groups is 1. The number of hydrogen-bond donors (Lipinski definition) is 1. The first-order chi connectivity index (χ1) is 15.9. The van der Waals surface area contributed by atoms with Gasteiger partial charge in [0, 0.05) is 44.2 Å². The van der Waals surface area contributed by atoms with E-state index < -0.39 is 12.0 Å². The van der Waals surface area contributed by atoms with Gasteiger partial charge in [0.15, 0.2) is 5.65 Å². The number of anilines is 1. The van der Waals surface area contributed by atoms with E-state index in [1.807, 2.05) is 4.90 Å². The Morgan fingerprint density at radius 3 is 2.38 bits per heavy atom. The number of hydrogen-bond acceptors (Lipinski definition) is 7. The molecule has 1 amide bonds. The Hall–Kier alpha value is -2.47. The Balaban J connectivity index is 1.32. The molecule has 0 bridgehead atoms. The topological polar surface area (TPSA) is 87.9 Å². The van der Waals surface area contributed by atoms with Crippen LogP contribution < -0.4 is 10.2 Å². The first-order valence-electron chi connectivity index (χ1n) is 11.7. The highest BCUT2D eigenvalue weighted by Gasteiger charge is 2.38. The number of amides is 1. The van der Waals surface area contributed by atoms with Gasteiger partial charge in [-0.05, 0) is 52.7 Å². The van der Waals surface area contributed by atoms with Crippen LogP contribution in [0.1, 0.15) is 46.4 Å². The Labute approximate surface area is 196 Å². The number of piperidine rings is 1. The van der Waals surface area contributed by atoms with E-state index in [1.54, 1.807) is 6.07 Å². The van der Waals surface area contributed by atoms with Gasteiger partial charge in [-0.25, -0.2) is 0 Å². The maximum atomic E-state index is 13.1. The molecular formula is C22H32F3N7O2. The average molecular weight is 484 g/mol. The van der Waals surface area contributed by atoms with Crippen molar-refractivity contribution in [3.05, 3.63) is 18.0 Å². The number of nitrogens with one attached hydrogen (secondary N) is 1. The molecule has 0 aliphatic carbocycles. The van der Waals surface area contributed by atoms with Gasteiger partial charge in [0.05, 0.1) is 12.2 Å². The summed E-state index contributed by atoms with van der Waals surface area (Å²) in [6.45, 7) is 11.6. The van der Waals surface area contributed by atoms with Crippen molar-refractivity contribution in [2.75, 3.05) is 37.6 Å². The van der Waals surface area contributed by atoms with Crippen LogP contribution in [-0.2, 0) is 15.7 Å². The molecule has 4 rings (SSSR count). The number of rotatable bonds is 5. The number of morpholine rings is 1. The molecule has 0 saturated carbocycles. The van der Waals surface area contributed by atoms with E-state index in [0.29, 0.717) is 38.3 Å². The van der Waals surface area contributed by atoms with Gasteiger partial charge in [-0.2, -0.15) is 17.7 Å². The third-order valence-electron chi connectivity index (χ3n) is 6.66. The molecule has 0 spiro atoms. The van der Waals surface area contributed by atoms with Gasteiger partial charge >= 0.3 is 6.18 Å². The number of aromatic nitrogens is 4. The van der Waals surface area contributed by atoms with Crippen LogP contribution in [0.2, 0.25) is 0 Å². The quantitative estimate of drug-likeness (QED) is 0.699. The number of fused-ring (bicyclic) bond motifs is 1. The van der Waals surface area contributed by atoms with Crippen LogP contribution >= 0.6 is 0 Å². The Morgan fingerprint density at radius 1 is 1.12 bits per heavy atom. The fraction of sp³-hybridized carbons (Fsp3) is 0.727. The highest BCUT2D eigenvalue weighted by atomic mass is 19.4. The van der Waals surface area contributed by atoms with Crippen LogP contribution in [0.25, 0.3) is 5.65 Å². The van der Waals surface area contributed by atoms with E-state index in [2.05, 4.69) is 53.2 Å². The molecule has 2 atom stereocenters. The Kier molecular flexibility index (Phi) is 6.74. The summed E-state index contributed by atoms with van der Waals surface area (Å²) < 4.78 is 46.0. The summed E-state index contributed by atoms with van der Waals surface area (Å²) in [5, 5.41) is 14.0. The minimum atomic E-state index is -4.64. The molecule has 34 heavy (non-hydrogen) atoms. The van der Waals surface area contributed by atoms with E-state index in [0.717, 1.165) is 17.6 Å². The predicted octanol–water partition coefficient (Wildman–Crippen LogP) is 2.36. The number of alkyl halides is 3. The van der Waals surface area contributed by atoms with E-state index in [9.17, 15) is 18.0 Å².